The Morgan fingerprint density at radius 2 is 1.88 bits per heavy atom. The van der Waals surface area contributed by atoms with Crippen molar-refractivity contribution in [1.29, 1.82) is 0 Å². The summed E-state index contributed by atoms with van der Waals surface area (Å²) in [6.45, 7) is 9.48. The number of fused-ring (bicyclic) bond motifs is 1. The van der Waals surface area contributed by atoms with Crippen LogP contribution in [-0.2, 0) is 0 Å². The van der Waals surface area contributed by atoms with E-state index in [1.54, 1.807) is 0 Å². The van der Waals surface area contributed by atoms with Gasteiger partial charge in [0.2, 0.25) is 0 Å². The summed E-state index contributed by atoms with van der Waals surface area (Å²) in [7, 11) is 0. The van der Waals surface area contributed by atoms with Gasteiger partial charge in [0.25, 0.3) is 5.56 Å². The van der Waals surface area contributed by atoms with E-state index >= 15 is 0 Å². The minimum atomic E-state index is -0.292. The van der Waals surface area contributed by atoms with Gasteiger partial charge >= 0.3 is 0 Å². The van der Waals surface area contributed by atoms with E-state index in [9.17, 15) is 4.79 Å². The van der Waals surface area contributed by atoms with Gasteiger partial charge in [-0.1, -0.05) is 26.2 Å². The molecule has 1 aliphatic carbocycles. The fourth-order valence-electron chi connectivity index (χ4n) is 5.46. The molecule has 2 fully saturated rings. The topological polar surface area (TPSA) is 92.2 Å². The molecule has 0 unspecified atom stereocenters. The zero-order valence-corrected chi connectivity index (χ0v) is 20.2. The summed E-state index contributed by atoms with van der Waals surface area (Å²) in [6.07, 6.45) is 5.82. The largest absolute Gasteiger partial charge is 0.494 e. The highest BCUT2D eigenvalue weighted by atomic mass is 16.5. The van der Waals surface area contributed by atoms with Gasteiger partial charge in [-0.2, -0.15) is 0 Å². The van der Waals surface area contributed by atoms with Crippen LogP contribution >= 0.6 is 0 Å². The third-order valence-corrected chi connectivity index (χ3v) is 7.35. The van der Waals surface area contributed by atoms with Crippen LogP contribution in [0, 0.1) is 0 Å². The molecule has 0 amide bonds. The standard InChI is InChI=1S/C25H35N7O2/c1-3-30-12-14-31(15-13-30)23(24-27-28-29-32(24)19-8-6-5-7-9-19)21-17-18-16-20(34-4-2)10-11-22(18)26-25(21)33/h10-11,16-17,19,23H,3-9,12-15H2,1-2H3,(H,26,33)/t23-/m0/s1. The van der Waals surface area contributed by atoms with Crippen molar-refractivity contribution in [2.24, 2.45) is 0 Å². The molecular formula is C25H35N7O2. The average Bonchev–Trinajstić information content (AvgIpc) is 3.35. The summed E-state index contributed by atoms with van der Waals surface area (Å²) in [5.74, 6) is 1.58. The molecule has 34 heavy (non-hydrogen) atoms. The summed E-state index contributed by atoms with van der Waals surface area (Å²) < 4.78 is 7.72. The van der Waals surface area contributed by atoms with E-state index in [-0.39, 0.29) is 11.6 Å². The van der Waals surface area contributed by atoms with Gasteiger partial charge in [0.1, 0.15) is 11.8 Å². The first-order valence-electron chi connectivity index (χ1n) is 12.7. The lowest BCUT2D eigenvalue weighted by Gasteiger charge is -2.38. The summed E-state index contributed by atoms with van der Waals surface area (Å²) in [5.41, 5.74) is 1.41. The SMILES string of the molecule is CCOc1ccc2[nH]c(=O)c([C@@H](c3nnnn3C3CCCCC3)N3CCN(CC)CC3)cc2c1. The van der Waals surface area contributed by atoms with Gasteiger partial charge in [-0.15, -0.1) is 5.10 Å². The monoisotopic (exact) mass is 465 g/mol. The number of benzene rings is 1. The Balaban J connectivity index is 1.59. The molecule has 1 saturated heterocycles. The predicted octanol–water partition coefficient (Wildman–Crippen LogP) is 3.15. The lowest BCUT2D eigenvalue weighted by Crippen LogP contribution is -2.49. The van der Waals surface area contributed by atoms with E-state index in [0.717, 1.165) is 68.0 Å². The zero-order valence-electron chi connectivity index (χ0n) is 20.2. The molecule has 2 aromatic heterocycles. The molecule has 182 valence electrons. The normalized spacial score (nSPS) is 19.5. The third kappa shape index (κ3) is 4.59. The number of tetrazole rings is 1. The van der Waals surface area contributed by atoms with Gasteiger partial charge in [-0.25, -0.2) is 4.68 Å². The Morgan fingerprint density at radius 1 is 1.09 bits per heavy atom. The van der Waals surface area contributed by atoms with Crippen LogP contribution in [0.15, 0.2) is 29.1 Å². The number of aromatic nitrogens is 5. The predicted molar refractivity (Wildman–Crippen MR) is 131 cm³/mol. The first-order chi connectivity index (χ1) is 16.7. The molecule has 2 aliphatic rings. The molecule has 1 N–H and O–H groups in total. The number of piperazine rings is 1. The number of hydrogen-bond donors (Lipinski definition) is 1. The summed E-state index contributed by atoms with van der Waals surface area (Å²) in [4.78, 5) is 21.3. The molecule has 0 radical (unpaired) electrons. The van der Waals surface area contributed by atoms with Crippen molar-refractivity contribution >= 4 is 10.9 Å². The molecule has 1 saturated carbocycles. The summed E-state index contributed by atoms with van der Waals surface area (Å²) in [5, 5.41) is 14.0. The summed E-state index contributed by atoms with van der Waals surface area (Å²) in [6, 6.07) is 7.81. The highest BCUT2D eigenvalue weighted by Gasteiger charge is 2.34. The van der Waals surface area contributed by atoms with Crippen LogP contribution in [0.2, 0.25) is 0 Å². The van der Waals surface area contributed by atoms with Crippen molar-refractivity contribution in [3.63, 3.8) is 0 Å². The minimum Gasteiger partial charge on any atom is -0.494 e. The fraction of sp³-hybridized carbons (Fsp3) is 0.600. The van der Waals surface area contributed by atoms with Crippen LogP contribution in [-0.4, -0.2) is 74.3 Å². The van der Waals surface area contributed by atoms with Crippen LogP contribution in [0.5, 0.6) is 5.75 Å². The minimum absolute atomic E-state index is 0.0854. The van der Waals surface area contributed by atoms with Crippen LogP contribution in [0.3, 0.4) is 0 Å². The van der Waals surface area contributed by atoms with E-state index in [2.05, 4.69) is 37.2 Å². The molecule has 3 heterocycles. The maximum Gasteiger partial charge on any atom is 0.253 e. The second-order valence-electron chi connectivity index (χ2n) is 9.38. The Morgan fingerprint density at radius 3 is 2.62 bits per heavy atom. The first kappa shape index (κ1) is 23.0. The maximum absolute atomic E-state index is 13.4. The molecule has 3 aromatic rings. The van der Waals surface area contributed by atoms with Gasteiger partial charge in [0.05, 0.1) is 12.6 Å². The highest BCUT2D eigenvalue weighted by Crippen LogP contribution is 2.33. The van der Waals surface area contributed by atoms with Crippen molar-refractivity contribution in [3.8, 4) is 5.75 Å². The van der Waals surface area contributed by atoms with Crippen molar-refractivity contribution in [2.45, 2.75) is 58.0 Å². The molecule has 1 aromatic carbocycles. The van der Waals surface area contributed by atoms with E-state index in [1.165, 1.54) is 19.3 Å². The molecule has 0 bridgehead atoms. The number of H-pyrrole nitrogens is 1. The number of rotatable bonds is 7. The number of nitrogens with one attached hydrogen (secondary N) is 1. The second kappa shape index (κ2) is 10.2. The number of pyridine rings is 1. The van der Waals surface area contributed by atoms with Gasteiger partial charge < -0.3 is 14.6 Å². The lowest BCUT2D eigenvalue weighted by molar-refractivity contribution is 0.106. The number of ether oxygens (including phenoxy) is 1. The lowest BCUT2D eigenvalue weighted by atomic mass is 9.95. The Kier molecular flexibility index (Phi) is 6.92. The number of nitrogens with zero attached hydrogens (tertiary/aromatic N) is 6. The fourth-order valence-corrected chi connectivity index (χ4v) is 5.46. The summed E-state index contributed by atoms with van der Waals surface area (Å²) >= 11 is 0. The first-order valence-corrected chi connectivity index (χ1v) is 12.7. The van der Waals surface area contributed by atoms with Crippen LogP contribution in [0.1, 0.15) is 69.4 Å². The van der Waals surface area contributed by atoms with E-state index < -0.39 is 0 Å². The molecule has 0 spiro atoms. The average molecular weight is 466 g/mol. The van der Waals surface area contributed by atoms with Crippen LogP contribution < -0.4 is 10.3 Å². The Hall–Kier alpha value is -2.78. The van der Waals surface area contributed by atoms with Gasteiger partial charge in [0, 0.05) is 42.6 Å². The van der Waals surface area contributed by atoms with Crippen molar-refractivity contribution < 1.29 is 4.74 Å². The Labute approximate surface area is 200 Å². The third-order valence-electron chi connectivity index (χ3n) is 7.35. The number of aromatic amines is 1. The smallest absolute Gasteiger partial charge is 0.253 e. The van der Waals surface area contributed by atoms with Gasteiger partial charge in [-0.3, -0.25) is 9.69 Å². The van der Waals surface area contributed by atoms with E-state index in [1.807, 2.05) is 35.9 Å². The number of hydrogen-bond acceptors (Lipinski definition) is 7. The molecule has 9 heteroatoms. The second-order valence-corrected chi connectivity index (χ2v) is 9.38. The molecular weight excluding hydrogens is 430 g/mol. The molecule has 5 rings (SSSR count). The Bertz CT molecular complexity index is 1160. The molecule has 1 aliphatic heterocycles. The molecule has 9 nitrogen and oxygen atoms in total. The van der Waals surface area contributed by atoms with Gasteiger partial charge in [0.15, 0.2) is 5.82 Å². The quantitative estimate of drug-likeness (QED) is 0.573. The van der Waals surface area contributed by atoms with E-state index in [0.29, 0.717) is 18.2 Å². The van der Waals surface area contributed by atoms with Crippen molar-refractivity contribution in [3.05, 3.63) is 46.0 Å². The van der Waals surface area contributed by atoms with Gasteiger partial charge in [-0.05, 0) is 61.0 Å². The van der Waals surface area contributed by atoms with Crippen LogP contribution in [0.25, 0.3) is 10.9 Å². The van der Waals surface area contributed by atoms with Crippen molar-refractivity contribution in [2.75, 3.05) is 39.3 Å². The van der Waals surface area contributed by atoms with Crippen LogP contribution in [0.4, 0.5) is 0 Å². The van der Waals surface area contributed by atoms with E-state index in [4.69, 9.17) is 4.74 Å². The maximum atomic E-state index is 13.4. The van der Waals surface area contributed by atoms with Crippen molar-refractivity contribution in [1.82, 2.24) is 35.0 Å². The molecule has 1 atom stereocenters. The number of likely N-dealkylation sites (N-methyl/N-ethyl adjacent to an activating group) is 1. The highest BCUT2D eigenvalue weighted by molar-refractivity contribution is 5.80. The zero-order chi connectivity index (χ0) is 23.5.